The zero-order chi connectivity index (χ0) is 14.0. The fourth-order valence-corrected chi connectivity index (χ4v) is 2.45. The Labute approximate surface area is 118 Å². The first-order chi connectivity index (χ1) is 9.01. The summed E-state index contributed by atoms with van der Waals surface area (Å²) >= 11 is 6.33. The molecule has 0 bridgehead atoms. The van der Waals surface area contributed by atoms with Gasteiger partial charge in [-0.05, 0) is 13.3 Å². The predicted octanol–water partition coefficient (Wildman–Crippen LogP) is 1.77. The molecular weight excluding hydrogens is 262 g/mol. The van der Waals surface area contributed by atoms with Gasteiger partial charge in [0.15, 0.2) is 0 Å². The van der Waals surface area contributed by atoms with Crippen LogP contribution in [0.25, 0.3) is 0 Å². The van der Waals surface area contributed by atoms with Gasteiger partial charge in [0.1, 0.15) is 0 Å². The van der Waals surface area contributed by atoms with E-state index in [9.17, 15) is 0 Å². The standard InChI is InChI=1S/C13H20ClN5/c1-4-11-13(14)12(18(3)17-11)7-19-6-10(16-8-19)5-9(2)15/h6,8-9H,4-5,7,15H2,1-3H3. The quantitative estimate of drug-likeness (QED) is 0.909. The minimum atomic E-state index is 0.121. The van der Waals surface area contributed by atoms with Crippen LogP contribution in [0.15, 0.2) is 12.5 Å². The Morgan fingerprint density at radius 3 is 2.79 bits per heavy atom. The smallest absolute Gasteiger partial charge is 0.0953 e. The Balaban J connectivity index is 2.17. The molecule has 0 aliphatic rings. The van der Waals surface area contributed by atoms with Gasteiger partial charge in [0, 0.05) is 25.7 Å². The minimum Gasteiger partial charge on any atom is -0.331 e. The van der Waals surface area contributed by atoms with Gasteiger partial charge in [-0.1, -0.05) is 18.5 Å². The minimum absolute atomic E-state index is 0.121. The molecule has 0 saturated carbocycles. The van der Waals surface area contributed by atoms with Crippen molar-refractivity contribution in [3.63, 3.8) is 0 Å². The lowest BCUT2D eigenvalue weighted by molar-refractivity contribution is 0.659. The van der Waals surface area contributed by atoms with E-state index < -0.39 is 0 Å². The van der Waals surface area contributed by atoms with E-state index in [0.717, 1.165) is 34.9 Å². The second-order valence-electron chi connectivity index (χ2n) is 4.90. The summed E-state index contributed by atoms with van der Waals surface area (Å²) in [5.41, 5.74) is 8.72. The topological polar surface area (TPSA) is 61.7 Å². The highest BCUT2D eigenvalue weighted by Crippen LogP contribution is 2.21. The molecule has 19 heavy (non-hydrogen) atoms. The van der Waals surface area contributed by atoms with Gasteiger partial charge in [-0.2, -0.15) is 5.10 Å². The molecule has 0 spiro atoms. The highest BCUT2D eigenvalue weighted by molar-refractivity contribution is 6.31. The fraction of sp³-hybridized carbons (Fsp3) is 0.538. The maximum atomic E-state index is 6.33. The van der Waals surface area contributed by atoms with Crippen LogP contribution in [0.2, 0.25) is 5.02 Å². The molecule has 6 heteroatoms. The molecule has 2 aromatic heterocycles. The highest BCUT2D eigenvalue weighted by atomic mass is 35.5. The van der Waals surface area contributed by atoms with Gasteiger partial charge in [0.05, 0.1) is 35.0 Å². The molecule has 1 unspecified atom stereocenters. The molecule has 5 nitrogen and oxygen atoms in total. The Morgan fingerprint density at radius 1 is 1.47 bits per heavy atom. The Morgan fingerprint density at radius 2 is 2.21 bits per heavy atom. The van der Waals surface area contributed by atoms with Gasteiger partial charge in [0.25, 0.3) is 0 Å². The van der Waals surface area contributed by atoms with E-state index in [1.807, 2.05) is 35.7 Å². The summed E-state index contributed by atoms with van der Waals surface area (Å²) in [7, 11) is 1.92. The van der Waals surface area contributed by atoms with Gasteiger partial charge in [0.2, 0.25) is 0 Å². The number of hydrogen-bond acceptors (Lipinski definition) is 3. The summed E-state index contributed by atoms with van der Waals surface area (Å²) in [5.74, 6) is 0. The normalized spacial score (nSPS) is 12.9. The first kappa shape index (κ1) is 14.1. The molecule has 0 radical (unpaired) electrons. The van der Waals surface area contributed by atoms with Crippen LogP contribution >= 0.6 is 11.6 Å². The lowest BCUT2D eigenvalue weighted by Gasteiger charge is -2.04. The summed E-state index contributed by atoms with van der Waals surface area (Å²) in [6.45, 7) is 4.70. The van der Waals surface area contributed by atoms with Crippen LogP contribution in [0.1, 0.15) is 30.9 Å². The Kier molecular flexibility index (Phi) is 4.27. The molecule has 104 valence electrons. The van der Waals surface area contributed by atoms with Crippen molar-refractivity contribution in [1.82, 2.24) is 19.3 Å². The molecular formula is C13H20ClN5. The average molecular weight is 282 g/mol. The zero-order valence-electron chi connectivity index (χ0n) is 11.6. The largest absolute Gasteiger partial charge is 0.331 e. The van der Waals surface area contributed by atoms with E-state index in [1.54, 1.807) is 0 Å². The third-order valence-electron chi connectivity index (χ3n) is 3.05. The van der Waals surface area contributed by atoms with E-state index in [4.69, 9.17) is 17.3 Å². The molecule has 1 atom stereocenters. The zero-order valence-corrected chi connectivity index (χ0v) is 12.4. The maximum Gasteiger partial charge on any atom is 0.0953 e. The molecule has 0 amide bonds. The molecule has 2 rings (SSSR count). The lowest BCUT2D eigenvalue weighted by Crippen LogP contribution is -2.17. The van der Waals surface area contributed by atoms with Crippen molar-refractivity contribution in [2.45, 2.75) is 39.3 Å². The van der Waals surface area contributed by atoms with Crippen molar-refractivity contribution in [1.29, 1.82) is 0 Å². The lowest BCUT2D eigenvalue weighted by atomic mass is 10.2. The number of imidazole rings is 1. The number of nitrogens with zero attached hydrogens (tertiary/aromatic N) is 4. The van der Waals surface area contributed by atoms with Crippen molar-refractivity contribution in [2.24, 2.45) is 12.8 Å². The molecule has 0 aliphatic heterocycles. The molecule has 0 saturated heterocycles. The van der Waals surface area contributed by atoms with Crippen molar-refractivity contribution in [2.75, 3.05) is 0 Å². The summed E-state index contributed by atoms with van der Waals surface area (Å²) in [6.07, 6.45) is 5.45. The predicted molar refractivity (Wildman–Crippen MR) is 76.3 cm³/mol. The second kappa shape index (κ2) is 5.75. The number of aromatic nitrogens is 4. The number of rotatable bonds is 5. The molecule has 2 N–H and O–H groups in total. The first-order valence-corrected chi connectivity index (χ1v) is 6.85. The number of hydrogen-bond donors (Lipinski definition) is 1. The third kappa shape index (κ3) is 3.16. The van der Waals surface area contributed by atoms with Crippen LogP contribution in [0.5, 0.6) is 0 Å². The third-order valence-corrected chi connectivity index (χ3v) is 3.49. The Bertz CT molecular complexity index is 555. The van der Waals surface area contributed by atoms with Crippen LogP contribution in [-0.2, 0) is 26.4 Å². The SMILES string of the molecule is CCc1nn(C)c(Cn2cnc(CC(C)N)c2)c1Cl. The molecule has 0 aromatic carbocycles. The maximum absolute atomic E-state index is 6.33. The summed E-state index contributed by atoms with van der Waals surface area (Å²) in [6, 6.07) is 0.121. The second-order valence-corrected chi connectivity index (χ2v) is 5.28. The van der Waals surface area contributed by atoms with E-state index in [0.29, 0.717) is 6.54 Å². The van der Waals surface area contributed by atoms with Crippen LogP contribution in [0.3, 0.4) is 0 Å². The number of halogens is 1. The van der Waals surface area contributed by atoms with Crippen molar-refractivity contribution >= 4 is 11.6 Å². The molecule has 2 heterocycles. The van der Waals surface area contributed by atoms with Crippen LogP contribution < -0.4 is 5.73 Å². The Hall–Kier alpha value is -1.33. The van der Waals surface area contributed by atoms with Gasteiger partial charge < -0.3 is 10.3 Å². The van der Waals surface area contributed by atoms with E-state index >= 15 is 0 Å². The first-order valence-electron chi connectivity index (χ1n) is 6.47. The van der Waals surface area contributed by atoms with Crippen molar-refractivity contribution < 1.29 is 0 Å². The molecule has 0 aliphatic carbocycles. The van der Waals surface area contributed by atoms with Gasteiger partial charge in [-0.15, -0.1) is 0 Å². The van der Waals surface area contributed by atoms with E-state index in [1.165, 1.54) is 0 Å². The summed E-state index contributed by atoms with van der Waals surface area (Å²) in [4.78, 5) is 4.35. The van der Waals surface area contributed by atoms with Crippen LogP contribution in [-0.4, -0.2) is 25.4 Å². The summed E-state index contributed by atoms with van der Waals surface area (Å²) in [5, 5.41) is 5.17. The van der Waals surface area contributed by atoms with Crippen molar-refractivity contribution in [3.8, 4) is 0 Å². The number of nitrogens with two attached hydrogens (primary N) is 1. The van der Waals surface area contributed by atoms with E-state index in [-0.39, 0.29) is 6.04 Å². The van der Waals surface area contributed by atoms with Crippen LogP contribution in [0.4, 0.5) is 0 Å². The number of aryl methyl sites for hydroxylation is 2. The fourth-order valence-electron chi connectivity index (χ4n) is 2.09. The monoisotopic (exact) mass is 281 g/mol. The van der Waals surface area contributed by atoms with Crippen LogP contribution in [0, 0.1) is 0 Å². The van der Waals surface area contributed by atoms with Crippen molar-refractivity contribution in [3.05, 3.63) is 34.6 Å². The van der Waals surface area contributed by atoms with Gasteiger partial charge in [-0.3, -0.25) is 4.68 Å². The molecule has 0 fully saturated rings. The average Bonchev–Trinajstić information content (AvgIpc) is 2.88. The van der Waals surface area contributed by atoms with Gasteiger partial charge in [-0.25, -0.2) is 4.98 Å². The summed E-state index contributed by atoms with van der Waals surface area (Å²) < 4.78 is 3.85. The van der Waals surface area contributed by atoms with E-state index in [2.05, 4.69) is 17.0 Å². The molecule has 2 aromatic rings. The van der Waals surface area contributed by atoms with Gasteiger partial charge >= 0.3 is 0 Å². The highest BCUT2D eigenvalue weighted by Gasteiger charge is 2.13.